The number of aliphatic carboxylic acids is 1. The Morgan fingerprint density at radius 3 is 2.33 bits per heavy atom. The number of carboxylic acid groups (broad SMARTS) is 1. The Bertz CT molecular complexity index is 244. The Morgan fingerprint density at radius 1 is 1.33 bits per heavy atom. The van der Waals surface area contributed by atoms with Gasteiger partial charge in [-0.1, -0.05) is 6.92 Å². The van der Waals surface area contributed by atoms with Gasteiger partial charge in [-0.2, -0.15) is 0 Å². The van der Waals surface area contributed by atoms with E-state index in [-0.39, 0.29) is 12.0 Å². The number of likely N-dealkylation sites (tertiary alicyclic amines) is 1. The van der Waals surface area contributed by atoms with Gasteiger partial charge in [-0.25, -0.2) is 0 Å². The van der Waals surface area contributed by atoms with Gasteiger partial charge in [0.2, 0.25) is 0 Å². The highest BCUT2D eigenvalue weighted by molar-refractivity contribution is 5.70. The van der Waals surface area contributed by atoms with Crippen LogP contribution in [0.5, 0.6) is 0 Å². The molecule has 15 heavy (non-hydrogen) atoms. The number of ether oxygens (including phenoxy) is 1. The van der Waals surface area contributed by atoms with Gasteiger partial charge in [0.05, 0.1) is 18.1 Å². The first kappa shape index (κ1) is 10.9. The molecule has 0 radical (unpaired) electrons. The molecule has 2 aliphatic heterocycles. The van der Waals surface area contributed by atoms with E-state index in [1.165, 1.54) is 0 Å². The molecule has 0 aromatic heterocycles. The van der Waals surface area contributed by atoms with E-state index in [2.05, 4.69) is 4.90 Å². The predicted molar refractivity (Wildman–Crippen MR) is 55.7 cm³/mol. The lowest BCUT2D eigenvalue weighted by molar-refractivity contribution is -0.145. The molecule has 0 spiro atoms. The Morgan fingerprint density at radius 2 is 1.87 bits per heavy atom. The maximum absolute atomic E-state index is 10.9. The molecule has 2 heterocycles. The number of nitrogens with zero attached hydrogens (tertiary/aromatic N) is 1. The molecule has 0 amide bonds. The van der Waals surface area contributed by atoms with E-state index in [0.717, 1.165) is 25.9 Å². The summed E-state index contributed by atoms with van der Waals surface area (Å²) in [6.45, 7) is 5.58. The third-order valence-corrected chi connectivity index (χ3v) is 3.76. The predicted octanol–water partition coefficient (Wildman–Crippen LogP) is 0.959. The third kappa shape index (κ3) is 2.16. The van der Waals surface area contributed by atoms with E-state index < -0.39 is 5.97 Å². The number of hydrogen-bond acceptors (Lipinski definition) is 3. The van der Waals surface area contributed by atoms with Crippen LogP contribution in [0.2, 0.25) is 0 Å². The van der Waals surface area contributed by atoms with Crippen LogP contribution in [-0.2, 0) is 9.53 Å². The summed E-state index contributed by atoms with van der Waals surface area (Å²) < 4.78 is 5.73. The van der Waals surface area contributed by atoms with Crippen LogP contribution in [0.1, 0.15) is 26.7 Å². The van der Waals surface area contributed by atoms with E-state index in [1.807, 2.05) is 6.92 Å². The molecule has 86 valence electrons. The molecule has 4 atom stereocenters. The summed E-state index contributed by atoms with van der Waals surface area (Å²) >= 11 is 0. The van der Waals surface area contributed by atoms with Crippen molar-refractivity contribution in [3.05, 3.63) is 0 Å². The number of carbonyl (C=O) groups is 1. The summed E-state index contributed by atoms with van der Waals surface area (Å²) in [7, 11) is 0. The topological polar surface area (TPSA) is 49.8 Å². The molecular formula is C11H19NO3. The maximum atomic E-state index is 10.9. The second kappa shape index (κ2) is 4.10. The summed E-state index contributed by atoms with van der Waals surface area (Å²) in [5.41, 5.74) is 0. The van der Waals surface area contributed by atoms with Gasteiger partial charge >= 0.3 is 5.97 Å². The monoisotopic (exact) mass is 213 g/mol. The van der Waals surface area contributed by atoms with Crippen LogP contribution >= 0.6 is 0 Å². The van der Waals surface area contributed by atoms with Crippen LogP contribution in [-0.4, -0.2) is 47.3 Å². The van der Waals surface area contributed by atoms with Crippen molar-refractivity contribution in [2.45, 2.75) is 44.9 Å². The molecule has 2 aliphatic rings. The zero-order chi connectivity index (χ0) is 11.0. The summed E-state index contributed by atoms with van der Waals surface area (Å²) in [6.07, 6.45) is 2.95. The average Bonchev–Trinajstić information content (AvgIpc) is 2.55. The Balaban J connectivity index is 1.96. The number of rotatable bonds is 3. The van der Waals surface area contributed by atoms with Crippen molar-refractivity contribution >= 4 is 5.97 Å². The van der Waals surface area contributed by atoms with Gasteiger partial charge in [-0.3, -0.25) is 9.69 Å². The van der Waals surface area contributed by atoms with Gasteiger partial charge in [-0.05, 0) is 19.8 Å². The van der Waals surface area contributed by atoms with Gasteiger partial charge in [0.15, 0.2) is 0 Å². The van der Waals surface area contributed by atoms with E-state index in [9.17, 15) is 4.79 Å². The van der Waals surface area contributed by atoms with Crippen LogP contribution in [0, 0.1) is 5.92 Å². The molecule has 0 aromatic rings. The lowest BCUT2D eigenvalue weighted by atomic mass is 10.0. The number of morpholine rings is 1. The molecule has 4 nitrogen and oxygen atoms in total. The minimum atomic E-state index is -0.707. The third-order valence-electron chi connectivity index (χ3n) is 3.76. The Labute approximate surface area is 90.2 Å². The molecular weight excluding hydrogens is 194 g/mol. The zero-order valence-electron chi connectivity index (χ0n) is 9.35. The molecule has 4 heteroatoms. The zero-order valence-corrected chi connectivity index (χ0v) is 9.35. The van der Waals surface area contributed by atoms with Gasteiger partial charge in [0.25, 0.3) is 0 Å². The first-order valence-electron chi connectivity index (χ1n) is 5.70. The highest BCUT2D eigenvalue weighted by atomic mass is 16.5. The molecule has 4 unspecified atom stereocenters. The highest BCUT2D eigenvalue weighted by Crippen LogP contribution is 2.28. The van der Waals surface area contributed by atoms with Crippen molar-refractivity contribution in [2.75, 3.05) is 13.1 Å². The van der Waals surface area contributed by atoms with Gasteiger partial charge in [-0.15, -0.1) is 0 Å². The summed E-state index contributed by atoms with van der Waals surface area (Å²) in [5.74, 6) is -1.01. The number of hydrogen-bond donors (Lipinski definition) is 1. The largest absolute Gasteiger partial charge is 0.481 e. The fourth-order valence-electron chi connectivity index (χ4n) is 2.50. The Hall–Kier alpha value is -0.610. The molecule has 2 rings (SSSR count). The van der Waals surface area contributed by atoms with Crippen molar-refractivity contribution in [1.29, 1.82) is 0 Å². The van der Waals surface area contributed by atoms with Crippen molar-refractivity contribution < 1.29 is 14.6 Å². The molecule has 2 saturated heterocycles. The van der Waals surface area contributed by atoms with Crippen molar-refractivity contribution in [2.24, 2.45) is 5.92 Å². The van der Waals surface area contributed by atoms with E-state index in [4.69, 9.17) is 9.84 Å². The maximum Gasteiger partial charge on any atom is 0.307 e. The number of fused-ring (bicyclic) bond motifs is 2. The SMILES string of the molecule is CC(C(=O)O)C(C)N1CC2CCC(C1)O2. The highest BCUT2D eigenvalue weighted by Gasteiger charge is 2.37. The molecule has 0 aliphatic carbocycles. The van der Waals surface area contributed by atoms with Gasteiger partial charge in [0, 0.05) is 19.1 Å². The number of carboxylic acids is 1. The van der Waals surface area contributed by atoms with Crippen LogP contribution in [0.3, 0.4) is 0 Å². The minimum Gasteiger partial charge on any atom is -0.481 e. The van der Waals surface area contributed by atoms with Crippen molar-refractivity contribution in [1.82, 2.24) is 4.90 Å². The quantitative estimate of drug-likeness (QED) is 0.758. The standard InChI is InChI=1S/C11H19NO3/c1-7(11(13)14)8(2)12-5-9-3-4-10(6-12)15-9/h7-10H,3-6H2,1-2H3,(H,13,14). The van der Waals surface area contributed by atoms with Gasteiger partial charge in [0.1, 0.15) is 0 Å². The molecule has 1 N–H and O–H groups in total. The summed E-state index contributed by atoms with van der Waals surface area (Å²) in [4.78, 5) is 13.2. The molecule has 0 saturated carbocycles. The molecule has 0 aromatic carbocycles. The summed E-state index contributed by atoms with van der Waals surface area (Å²) in [5, 5.41) is 8.97. The summed E-state index contributed by atoms with van der Waals surface area (Å²) in [6, 6.07) is 0.106. The molecule has 2 bridgehead atoms. The first-order valence-corrected chi connectivity index (χ1v) is 5.70. The van der Waals surface area contributed by atoms with Crippen LogP contribution in [0.15, 0.2) is 0 Å². The van der Waals surface area contributed by atoms with E-state index >= 15 is 0 Å². The van der Waals surface area contributed by atoms with Crippen LogP contribution < -0.4 is 0 Å². The second-order valence-electron chi connectivity index (χ2n) is 4.78. The van der Waals surface area contributed by atoms with Crippen LogP contribution in [0.25, 0.3) is 0 Å². The average molecular weight is 213 g/mol. The smallest absolute Gasteiger partial charge is 0.307 e. The van der Waals surface area contributed by atoms with Crippen molar-refractivity contribution in [3.63, 3.8) is 0 Å². The van der Waals surface area contributed by atoms with Crippen molar-refractivity contribution in [3.8, 4) is 0 Å². The minimum absolute atomic E-state index is 0.106. The van der Waals surface area contributed by atoms with Gasteiger partial charge < -0.3 is 9.84 Å². The lowest BCUT2D eigenvalue weighted by Crippen LogP contribution is -2.50. The lowest BCUT2D eigenvalue weighted by Gasteiger charge is -2.37. The van der Waals surface area contributed by atoms with E-state index in [1.54, 1.807) is 6.92 Å². The van der Waals surface area contributed by atoms with Crippen LogP contribution in [0.4, 0.5) is 0 Å². The Kier molecular flexibility index (Phi) is 2.98. The molecule has 2 fully saturated rings. The second-order valence-corrected chi connectivity index (χ2v) is 4.78. The van der Waals surface area contributed by atoms with E-state index in [0.29, 0.717) is 12.2 Å². The fourth-order valence-corrected chi connectivity index (χ4v) is 2.50. The normalized spacial score (nSPS) is 35.1. The fraction of sp³-hybridized carbons (Fsp3) is 0.909. The first-order chi connectivity index (χ1) is 7.08.